The molecule has 0 aliphatic rings. The zero-order valence-corrected chi connectivity index (χ0v) is 13.2. The van der Waals surface area contributed by atoms with E-state index in [2.05, 4.69) is 18.4 Å². The van der Waals surface area contributed by atoms with Crippen molar-refractivity contribution in [2.75, 3.05) is 12.5 Å². The van der Waals surface area contributed by atoms with Crippen LogP contribution in [0.5, 0.6) is 0 Å². The molecule has 4 heteroatoms. The predicted octanol–water partition coefficient (Wildman–Crippen LogP) is 4.34. The van der Waals surface area contributed by atoms with Crippen LogP contribution in [0.15, 0.2) is 36.4 Å². The zero-order chi connectivity index (χ0) is 15.6. The fourth-order valence-corrected chi connectivity index (χ4v) is 2.10. The van der Waals surface area contributed by atoms with Gasteiger partial charge in [-0.25, -0.2) is 9.80 Å². The lowest BCUT2D eigenvalue weighted by molar-refractivity contribution is 0.0339. The van der Waals surface area contributed by atoms with Crippen molar-refractivity contribution in [1.29, 1.82) is 0 Å². The quantitative estimate of drug-likeness (QED) is 0.835. The topological polar surface area (TPSA) is 41.6 Å². The van der Waals surface area contributed by atoms with Crippen LogP contribution in [-0.4, -0.2) is 23.8 Å². The maximum Gasteiger partial charge on any atom is 0.428 e. The number of carbonyl (C=O) groups excluding carboxylic acids is 1. The number of nitrogens with zero attached hydrogens (tertiary/aromatic N) is 1. The van der Waals surface area contributed by atoms with Crippen molar-refractivity contribution in [3.05, 3.63) is 42.0 Å². The molecule has 0 aromatic heterocycles. The molecule has 1 amide bonds. The summed E-state index contributed by atoms with van der Waals surface area (Å²) in [6.07, 6.45) is -0.410. The average molecular weight is 286 g/mol. The highest BCUT2D eigenvalue weighted by molar-refractivity contribution is 5.96. The minimum absolute atomic E-state index is 0.410. The normalized spacial score (nSPS) is 11.3. The highest BCUT2D eigenvalue weighted by Gasteiger charge is 2.20. The summed E-state index contributed by atoms with van der Waals surface area (Å²) in [5.41, 5.74) is 4.67. The average Bonchev–Trinajstić information content (AvgIpc) is 2.40. The van der Waals surface area contributed by atoms with Gasteiger partial charge in [0.05, 0.1) is 5.69 Å². The van der Waals surface area contributed by atoms with Crippen LogP contribution >= 0.6 is 0 Å². The van der Waals surface area contributed by atoms with E-state index in [1.165, 1.54) is 16.0 Å². The van der Waals surface area contributed by atoms with Crippen molar-refractivity contribution in [3.63, 3.8) is 0 Å². The largest absolute Gasteiger partial charge is 0.442 e. The van der Waals surface area contributed by atoms with E-state index in [9.17, 15) is 4.79 Å². The van der Waals surface area contributed by atoms with Crippen LogP contribution in [0.2, 0.25) is 0 Å². The maximum atomic E-state index is 12.0. The first-order chi connectivity index (χ1) is 9.78. The van der Waals surface area contributed by atoms with E-state index in [0.717, 1.165) is 11.1 Å². The Morgan fingerprint density at radius 1 is 1.10 bits per heavy atom. The fraction of sp³-hybridized carbons (Fsp3) is 0.353. The molecule has 0 unspecified atom stereocenters. The Bertz CT molecular complexity index is 659. The second kappa shape index (κ2) is 5.64. The van der Waals surface area contributed by atoms with Gasteiger partial charge in [-0.15, -0.1) is 0 Å². The molecule has 0 atom stereocenters. The summed E-state index contributed by atoms with van der Waals surface area (Å²) in [7, 11) is 1.66. The SMILES string of the molecule is Cc1ccc(NN(C)C(=O)OC(C)(C)C)c2ccccc12. The van der Waals surface area contributed by atoms with Gasteiger partial charge in [-0.1, -0.05) is 30.3 Å². The summed E-state index contributed by atoms with van der Waals surface area (Å²) in [4.78, 5) is 12.0. The Morgan fingerprint density at radius 2 is 1.71 bits per heavy atom. The van der Waals surface area contributed by atoms with E-state index >= 15 is 0 Å². The highest BCUT2D eigenvalue weighted by Crippen LogP contribution is 2.26. The molecule has 0 fully saturated rings. The van der Waals surface area contributed by atoms with Crippen molar-refractivity contribution >= 4 is 22.6 Å². The van der Waals surface area contributed by atoms with Crippen molar-refractivity contribution in [1.82, 2.24) is 5.01 Å². The van der Waals surface area contributed by atoms with E-state index in [4.69, 9.17) is 4.74 Å². The molecule has 2 aromatic rings. The number of benzene rings is 2. The van der Waals surface area contributed by atoms with E-state index in [1.54, 1.807) is 7.05 Å². The number of nitrogens with one attached hydrogen (secondary N) is 1. The summed E-state index contributed by atoms with van der Waals surface area (Å²) >= 11 is 0. The number of carbonyl (C=O) groups is 1. The van der Waals surface area contributed by atoms with Crippen molar-refractivity contribution in [3.8, 4) is 0 Å². The molecule has 0 saturated heterocycles. The first-order valence-electron chi connectivity index (χ1n) is 6.99. The number of anilines is 1. The van der Waals surface area contributed by atoms with Crippen LogP contribution < -0.4 is 5.43 Å². The molecule has 0 spiro atoms. The molecule has 0 aliphatic heterocycles. The number of amides is 1. The Balaban J connectivity index is 2.24. The monoisotopic (exact) mass is 286 g/mol. The van der Waals surface area contributed by atoms with Crippen molar-refractivity contribution in [2.24, 2.45) is 0 Å². The van der Waals surface area contributed by atoms with Gasteiger partial charge in [-0.05, 0) is 44.7 Å². The van der Waals surface area contributed by atoms with Gasteiger partial charge in [0.15, 0.2) is 0 Å². The molecule has 2 aromatic carbocycles. The van der Waals surface area contributed by atoms with Gasteiger partial charge in [-0.2, -0.15) is 0 Å². The Labute approximate surface area is 125 Å². The number of hydrogen-bond acceptors (Lipinski definition) is 3. The molecule has 2 rings (SSSR count). The standard InChI is InChI=1S/C17H22N2O2/c1-12-10-11-15(14-9-7-6-8-13(12)14)18-19(5)16(20)21-17(2,3)4/h6-11,18H,1-5H3. The minimum Gasteiger partial charge on any atom is -0.442 e. The molecule has 4 nitrogen and oxygen atoms in total. The van der Waals surface area contributed by atoms with Gasteiger partial charge in [0.25, 0.3) is 0 Å². The first kappa shape index (κ1) is 15.2. The molecule has 112 valence electrons. The van der Waals surface area contributed by atoms with Gasteiger partial charge >= 0.3 is 6.09 Å². The Kier molecular flexibility index (Phi) is 4.07. The van der Waals surface area contributed by atoms with E-state index in [0.29, 0.717) is 0 Å². The lowest BCUT2D eigenvalue weighted by atomic mass is 10.0. The smallest absolute Gasteiger partial charge is 0.428 e. The van der Waals surface area contributed by atoms with Gasteiger partial charge in [0.1, 0.15) is 5.60 Å². The van der Waals surface area contributed by atoms with Crippen molar-refractivity contribution in [2.45, 2.75) is 33.3 Å². The Hall–Kier alpha value is -2.23. The van der Waals surface area contributed by atoms with Gasteiger partial charge in [0.2, 0.25) is 0 Å². The molecule has 1 N–H and O–H groups in total. The molecule has 21 heavy (non-hydrogen) atoms. The summed E-state index contributed by atoms with van der Waals surface area (Å²) < 4.78 is 5.33. The number of aryl methyl sites for hydroxylation is 1. The van der Waals surface area contributed by atoms with Crippen LogP contribution in [-0.2, 0) is 4.74 Å². The Morgan fingerprint density at radius 3 is 2.33 bits per heavy atom. The number of hydrogen-bond donors (Lipinski definition) is 1. The highest BCUT2D eigenvalue weighted by atomic mass is 16.6. The van der Waals surface area contributed by atoms with Crippen LogP contribution in [0.4, 0.5) is 10.5 Å². The van der Waals surface area contributed by atoms with Crippen LogP contribution in [0.1, 0.15) is 26.3 Å². The van der Waals surface area contributed by atoms with Gasteiger partial charge < -0.3 is 4.74 Å². The minimum atomic E-state index is -0.512. The van der Waals surface area contributed by atoms with E-state index in [1.807, 2.05) is 51.1 Å². The van der Waals surface area contributed by atoms with Crippen molar-refractivity contribution < 1.29 is 9.53 Å². The lowest BCUT2D eigenvalue weighted by Gasteiger charge is -2.26. The molecule has 0 aliphatic carbocycles. The third-order valence-corrected chi connectivity index (χ3v) is 3.10. The third-order valence-electron chi connectivity index (χ3n) is 3.10. The summed E-state index contributed by atoms with van der Waals surface area (Å²) in [6.45, 7) is 7.61. The lowest BCUT2D eigenvalue weighted by Crippen LogP contribution is -2.37. The molecule has 0 radical (unpaired) electrons. The van der Waals surface area contributed by atoms with Crippen LogP contribution in [0, 0.1) is 6.92 Å². The van der Waals surface area contributed by atoms with Crippen LogP contribution in [0.25, 0.3) is 10.8 Å². The van der Waals surface area contributed by atoms with Gasteiger partial charge in [0, 0.05) is 12.4 Å². The number of hydrazine groups is 1. The maximum absolute atomic E-state index is 12.0. The second-order valence-corrected chi connectivity index (χ2v) is 6.13. The predicted molar refractivity (Wildman–Crippen MR) is 86.3 cm³/mol. The first-order valence-corrected chi connectivity index (χ1v) is 6.99. The fourth-order valence-electron chi connectivity index (χ4n) is 2.10. The number of ether oxygens (including phenoxy) is 1. The molecular formula is C17H22N2O2. The van der Waals surface area contributed by atoms with Crippen LogP contribution in [0.3, 0.4) is 0 Å². The number of fused-ring (bicyclic) bond motifs is 1. The van der Waals surface area contributed by atoms with E-state index in [-0.39, 0.29) is 0 Å². The summed E-state index contributed by atoms with van der Waals surface area (Å²) in [5, 5.41) is 3.61. The molecule has 0 heterocycles. The van der Waals surface area contributed by atoms with Gasteiger partial charge in [-0.3, -0.25) is 5.43 Å². The second-order valence-electron chi connectivity index (χ2n) is 6.13. The third kappa shape index (κ3) is 3.66. The summed E-state index contributed by atoms with van der Waals surface area (Å²) in [5.74, 6) is 0. The number of rotatable bonds is 2. The molecule has 0 saturated carbocycles. The zero-order valence-electron chi connectivity index (χ0n) is 13.2. The van der Waals surface area contributed by atoms with E-state index < -0.39 is 11.7 Å². The molecule has 0 bridgehead atoms. The molecular weight excluding hydrogens is 264 g/mol. The summed E-state index contributed by atoms with van der Waals surface area (Å²) in [6, 6.07) is 12.1.